The van der Waals surface area contributed by atoms with Crippen LogP contribution < -0.4 is 5.56 Å². The molecule has 2 aromatic heterocycles. The van der Waals surface area contributed by atoms with Crippen molar-refractivity contribution in [1.29, 1.82) is 0 Å². The summed E-state index contributed by atoms with van der Waals surface area (Å²) in [5, 5.41) is 11.2. The fraction of sp³-hybridized carbons (Fsp3) is 0.105. The lowest BCUT2D eigenvalue weighted by atomic mass is 10.2. The Hall–Kier alpha value is -3.06. The first-order valence-corrected chi connectivity index (χ1v) is 8.92. The highest BCUT2D eigenvalue weighted by atomic mass is 32.2. The summed E-state index contributed by atoms with van der Waals surface area (Å²) in [4.78, 5) is 31.0. The third-order valence-electron chi connectivity index (χ3n) is 4.14. The van der Waals surface area contributed by atoms with Crippen molar-refractivity contribution in [2.24, 2.45) is 0 Å². The van der Waals surface area contributed by atoms with Crippen molar-refractivity contribution >= 4 is 39.5 Å². The fourth-order valence-electron chi connectivity index (χ4n) is 3.04. The van der Waals surface area contributed by atoms with E-state index in [-0.39, 0.29) is 16.9 Å². The molecule has 0 fully saturated rings. The van der Waals surface area contributed by atoms with Crippen LogP contribution in [0, 0.1) is 0 Å². The van der Waals surface area contributed by atoms with Crippen molar-refractivity contribution < 1.29 is 9.90 Å². The summed E-state index contributed by atoms with van der Waals surface area (Å²) in [5.74, 6) is -0.494. The van der Waals surface area contributed by atoms with Gasteiger partial charge < -0.3 is 10.1 Å². The summed E-state index contributed by atoms with van der Waals surface area (Å²) >= 11 is 1.10. The first-order valence-electron chi connectivity index (χ1n) is 8.04. The van der Waals surface area contributed by atoms with Gasteiger partial charge in [0.25, 0.3) is 5.56 Å². The van der Waals surface area contributed by atoms with Gasteiger partial charge in [-0.1, -0.05) is 48.2 Å². The van der Waals surface area contributed by atoms with E-state index < -0.39 is 10.8 Å². The van der Waals surface area contributed by atoms with Crippen LogP contribution in [-0.4, -0.2) is 30.8 Å². The van der Waals surface area contributed by atoms with Gasteiger partial charge in [-0.2, -0.15) is 4.98 Å². The van der Waals surface area contributed by atoms with Crippen molar-refractivity contribution in [3.8, 4) is 5.88 Å². The number of aromatic nitrogens is 3. The van der Waals surface area contributed by atoms with Gasteiger partial charge in [0.05, 0.1) is 22.3 Å². The zero-order valence-electron chi connectivity index (χ0n) is 13.8. The number of carbonyl (C=O) groups excluding carboxylic acids is 1. The number of aromatic hydroxyl groups is 1. The summed E-state index contributed by atoms with van der Waals surface area (Å²) in [6, 6.07) is 16.5. The largest absolute Gasteiger partial charge is 0.493 e. The van der Waals surface area contributed by atoms with E-state index >= 15 is 0 Å². The van der Waals surface area contributed by atoms with Gasteiger partial charge >= 0.3 is 0 Å². The smallest absolute Gasteiger partial charge is 0.255 e. The Labute approximate surface area is 152 Å². The maximum atomic E-state index is 13.2. The van der Waals surface area contributed by atoms with Crippen LogP contribution in [0.15, 0.2) is 64.5 Å². The number of H-pyrrole nitrogens is 1. The molecule has 4 rings (SSSR count). The number of thioether (sulfide) groups is 1. The fourth-order valence-corrected chi connectivity index (χ4v) is 3.89. The lowest BCUT2D eigenvalue weighted by Gasteiger charge is -2.12. The molecule has 0 bridgehead atoms. The van der Waals surface area contributed by atoms with Crippen LogP contribution >= 0.6 is 11.8 Å². The molecular formula is C19H15N3O3S. The number of hydrogen-bond acceptors (Lipinski definition) is 5. The number of hydrogen-bond donors (Lipinski definition) is 2. The van der Waals surface area contributed by atoms with Crippen LogP contribution in [0.25, 0.3) is 21.8 Å². The Morgan fingerprint density at radius 1 is 1.12 bits per heavy atom. The Balaban J connectivity index is 1.78. The molecular weight excluding hydrogens is 350 g/mol. The predicted octanol–water partition coefficient (Wildman–Crippen LogP) is 3.40. The van der Waals surface area contributed by atoms with Crippen LogP contribution in [0.3, 0.4) is 0 Å². The molecule has 2 N–H and O–H groups in total. The number of nitrogens with zero attached hydrogens (tertiary/aromatic N) is 2. The molecule has 0 aliphatic rings. The topological polar surface area (TPSA) is 88.0 Å². The minimum Gasteiger partial charge on any atom is -0.493 e. The number of para-hydroxylation sites is 2. The van der Waals surface area contributed by atoms with E-state index in [4.69, 9.17) is 0 Å². The van der Waals surface area contributed by atoms with E-state index in [0.717, 1.165) is 39.6 Å². The highest BCUT2D eigenvalue weighted by Crippen LogP contribution is 2.31. The molecule has 130 valence electrons. The molecule has 0 spiro atoms. The molecule has 26 heavy (non-hydrogen) atoms. The van der Waals surface area contributed by atoms with Crippen LogP contribution in [0.5, 0.6) is 5.88 Å². The molecule has 1 unspecified atom stereocenters. The molecule has 0 radical (unpaired) electrons. The predicted molar refractivity (Wildman–Crippen MR) is 102 cm³/mol. The van der Waals surface area contributed by atoms with Crippen LogP contribution in [0.1, 0.15) is 11.7 Å². The Morgan fingerprint density at radius 2 is 1.69 bits per heavy atom. The summed E-state index contributed by atoms with van der Waals surface area (Å²) in [6.45, 7) is 1.75. The zero-order chi connectivity index (χ0) is 18.3. The Bertz CT molecular complexity index is 1140. The second-order valence-corrected chi connectivity index (χ2v) is 7.21. The van der Waals surface area contributed by atoms with Crippen molar-refractivity contribution in [2.45, 2.75) is 17.3 Å². The standard InChI is InChI=1S/C19H15N3O3S/c1-11(26-19-20-16(23)10-17(24)21-19)18(25)22-14-8-4-2-6-12(14)13-7-3-5-9-15(13)22/h2-11H,1H3,(H2,20,21,23,24). The maximum absolute atomic E-state index is 13.2. The highest BCUT2D eigenvalue weighted by molar-refractivity contribution is 8.00. The molecule has 2 heterocycles. The van der Waals surface area contributed by atoms with Gasteiger partial charge in [-0.05, 0) is 19.1 Å². The number of aromatic amines is 1. The Kier molecular flexibility index (Phi) is 4.00. The normalized spacial score (nSPS) is 12.5. The number of fused-ring (bicyclic) bond motifs is 3. The van der Waals surface area contributed by atoms with Crippen molar-refractivity contribution in [2.75, 3.05) is 0 Å². The molecule has 6 nitrogen and oxygen atoms in total. The minimum atomic E-state index is -0.515. The van der Waals surface area contributed by atoms with E-state index in [9.17, 15) is 14.7 Å². The van der Waals surface area contributed by atoms with Gasteiger partial charge in [0, 0.05) is 10.8 Å². The van der Waals surface area contributed by atoms with Gasteiger partial charge in [0.2, 0.25) is 11.8 Å². The molecule has 4 aromatic rings. The average Bonchev–Trinajstić information content (AvgIpc) is 2.94. The zero-order valence-corrected chi connectivity index (χ0v) is 14.7. The third-order valence-corrected chi connectivity index (χ3v) is 5.11. The minimum absolute atomic E-state index is 0.126. The summed E-state index contributed by atoms with van der Waals surface area (Å²) < 4.78 is 1.70. The van der Waals surface area contributed by atoms with Crippen LogP contribution in [0.2, 0.25) is 0 Å². The van der Waals surface area contributed by atoms with E-state index in [0.29, 0.717) is 0 Å². The van der Waals surface area contributed by atoms with E-state index in [1.165, 1.54) is 0 Å². The first-order chi connectivity index (χ1) is 12.5. The van der Waals surface area contributed by atoms with Gasteiger partial charge in [-0.3, -0.25) is 14.2 Å². The third kappa shape index (κ3) is 2.76. The molecule has 1 atom stereocenters. The molecule has 0 aliphatic carbocycles. The monoisotopic (exact) mass is 365 g/mol. The van der Waals surface area contributed by atoms with Gasteiger partial charge in [0.1, 0.15) is 0 Å². The number of carbonyl (C=O) groups is 1. The van der Waals surface area contributed by atoms with E-state index in [1.807, 2.05) is 48.5 Å². The van der Waals surface area contributed by atoms with Crippen molar-refractivity contribution in [3.63, 3.8) is 0 Å². The second kappa shape index (κ2) is 6.34. The summed E-state index contributed by atoms with van der Waals surface area (Å²) in [6.07, 6.45) is 0. The molecule has 0 saturated heterocycles. The number of benzene rings is 2. The summed E-state index contributed by atoms with van der Waals surface area (Å²) in [5.41, 5.74) is 1.21. The quantitative estimate of drug-likeness (QED) is 0.429. The molecule has 7 heteroatoms. The van der Waals surface area contributed by atoms with Gasteiger partial charge in [0.15, 0.2) is 5.16 Å². The molecule has 0 aliphatic heterocycles. The SMILES string of the molecule is CC(Sc1nc(O)cc(=O)[nH]1)C(=O)n1c2ccccc2c2ccccc21. The second-order valence-electron chi connectivity index (χ2n) is 5.88. The van der Waals surface area contributed by atoms with Gasteiger partial charge in [-0.25, -0.2) is 0 Å². The molecule has 2 aromatic carbocycles. The highest BCUT2D eigenvalue weighted by Gasteiger charge is 2.22. The number of nitrogens with one attached hydrogen (secondary N) is 1. The van der Waals surface area contributed by atoms with E-state index in [1.54, 1.807) is 11.5 Å². The lowest BCUT2D eigenvalue weighted by molar-refractivity contribution is 0.0925. The van der Waals surface area contributed by atoms with Crippen molar-refractivity contribution in [3.05, 3.63) is 65.0 Å². The maximum Gasteiger partial charge on any atom is 0.255 e. The summed E-state index contributed by atoms with van der Waals surface area (Å²) in [7, 11) is 0. The van der Waals surface area contributed by atoms with E-state index in [2.05, 4.69) is 9.97 Å². The lowest BCUT2D eigenvalue weighted by Crippen LogP contribution is -2.22. The van der Waals surface area contributed by atoms with Crippen LogP contribution in [-0.2, 0) is 0 Å². The van der Waals surface area contributed by atoms with Crippen LogP contribution in [0.4, 0.5) is 0 Å². The molecule has 0 saturated carbocycles. The van der Waals surface area contributed by atoms with Crippen molar-refractivity contribution in [1.82, 2.24) is 14.5 Å². The average molecular weight is 365 g/mol. The number of rotatable bonds is 3. The Morgan fingerprint density at radius 3 is 2.27 bits per heavy atom. The van der Waals surface area contributed by atoms with Gasteiger partial charge in [-0.15, -0.1) is 0 Å². The molecule has 0 amide bonds. The first kappa shape index (κ1) is 16.4.